The SMILES string of the molecule is C#CC(CC)NC(=O)[C@@H]1CC[C@H](C(=O)O)O1. The number of ether oxygens (including phenoxy) is 1. The van der Waals surface area contributed by atoms with Crippen molar-refractivity contribution >= 4 is 11.9 Å². The van der Waals surface area contributed by atoms with Crippen LogP contribution in [0.1, 0.15) is 26.2 Å². The molecule has 1 heterocycles. The Morgan fingerprint density at radius 2 is 2.19 bits per heavy atom. The lowest BCUT2D eigenvalue weighted by molar-refractivity contribution is -0.151. The van der Waals surface area contributed by atoms with E-state index in [2.05, 4.69) is 11.2 Å². The molecule has 0 aliphatic carbocycles. The Balaban J connectivity index is 2.45. The van der Waals surface area contributed by atoms with Crippen molar-refractivity contribution in [2.75, 3.05) is 0 Å². The van der Waals surface area contributed by atoms with Crippen LogP contribution in [-0.4, -0.2) is 35.2 Å². The third kappa shape index (κ3) is 2.97. The Kier molecular flexibility index (Phi) is 4.32. The molecule has 16 heavy (non-hydrogen) atoms. The van der Waals surface area contributed by atoms with Gasteiger partial charge in [0.25, 0.3) is 0 Å². The Morgan fingerprint density at radius 1 is 1.56 bits per heavy atom. The second-order valence-corrected chi connectivity index (χ2v) is 3.67. The van der Waals surface area contributed by atoms with E-state index in [9.17, 15) is 9.59 Å². The third-order valence-corrected chi connectivity index (χ3v) is 2.51. The van der Waals surface area contributed by atoms with Crippen LogP contribution in [0.3, 0.4) is 0 Å². The van der Waals surface area contributed by atoms with Crippen molar-refractivity contribution in [1.29, 1.82) is 0 Å². The molecule has 1 fully saturated rings. The summed E-state index contributed by atoms with van der Waals surface area (Å²) in [7, 11) is 0. The number of aliphatic carboxylic acids is 1. The summed E-state index contributed by atoms with van der Waals surface area (Å²) in [6.45, 7) is 1.86. The number of nitrogens with one attached hydrogen (secondary N) is 1. The van der Waals surface area contributed by atoms with Gasteiger partial charge in [0.05, 0.1) is 6.04 Å². The number of hydrogen-bond acceptors (Lipinski definition) is 3. The van der Waals surface area contributed by atoms with E-state index in [1.165, 1.54) is 0 Å². The van der Waals surface area contributed by atoms with Crippen LogP contribution in [0.15, 0.2) is 0 Å². The first kappa shape index (κ1) is 12.5. The highest BCUT2D eigenvalue weighted by molar-refractivity contribution is 5.83. The molecule has 1 amide bonds. The lowest BCUT2D eigenvalue weighted by Gasteiger charge is -2.15. The third-order valence-electron chi connectivity index (χ3n) is 2.51. The fourth-order valence-corrected chi connectivity index (χ4v) is 1.54. The molecule has 1 aliphatic rings. The number of hydrogen-bond donors (Lipinski definition) is 2. The molecule has 5 nitrogen and oxygen atoms in total. The molecule has 0 saturated carbocycles. The van der Waals surface area contributed by atoms with Gasteiger partial charge in [0.2, 0.25) is 5.91 Å². The molecule has 2 N–H and O–H groups in total. The number of carboxylic acids is 1. The highest BCUT2D eigenvalue weighted by Crippen LogP contribution is 2.20. The number of carbonyl (C=O) groups excluding carboxylic acids is 1. The summed E-state index contributed by atoms with van der Waals surface area (Å²) < 4.78 is 5.09. The van der Waals surface area contributed by atoms with Crippen LogP contribution in [0.2, 0.25) is 0 Å². The van der Waals surface area contributed by atoms with E-state index in [-0.39, 0.29) is 11.9 Å². The number of carbonyl (C=O) groups is 2. The van der Waals surface area contributed by atoms with Gasteiger partial charge < -0.3 is 15.2 Å². The van der Waals surface area contributed by atoms with Crippen LogP contribution in [0.5, 0.6) is 0 Å². The summed E-state index contributed by atoms with van der Waals surface area (Å²) in [6, 6.07) is -0.319. The van der Waals surface area contributed by atoms with Crippen molar-refractivity contribution in [2.45, 2.75) is 44.4 Å². The van der Waals surface area contributed by atoms with Crippen LogP contribution in [0.4, 0.5) is 0 Å². The Hall–Kier alpha value is -1.54. The van der Waals surface area contributed by atoms with E-state index in [0.29, 0.717) is 19.3 Å². The molecule has 0 bridgehead atoms. The second kappa shape index (κ2) is 5.52. The van der Waals surface area contributed by atoms with Crippen molar-refractivity contribution in [2.24, 2.45) is 0 Å². The minimum absolute atomic E-state index is 0.319. The second-order valence-electron chi connectivity index (χ2n) is 3.67. The average molecular weight is 225 g/mol. The molecule has 1 unspecified atom stereocenters. The molecule has 3 atom stereocenters. The van der Waals surface area contributed by atoms with Gasteiger partial charge in [-0.25, -0.2) is 4.79 Å². The lowest BCUT2D eigenvalue weighted by atomic mass is 10.1. The zero-order valence-corrected chi connectivity index (χ0v) is 9.10. The van der Waals surface area contributed by atoms with Gasteiger partial charge in [0.15, 0.2) is 6.10 Å². The van der Waals surface area contributed by atoms with Crippen molar-refractivity contribution < 1.29 is 19.4 Å². The Bertz CT molecular complexity index is 320. The predicted molar refractivity (Wildman–Crippen MR) is 56.6 cm³/mol. The van der Waals surface area contributed by atoms with E-state index in [1.807, 2.05) is 6.92 Å². The molecule has 1 rings (SSSR count). The molecular weight excluding hydrogens is 210 g/mol. The maximum atomic E-state index is 11.6. The van der Waals surface area contributed by atoms with Crippen molar-refractivity contribution in [3.8, 4) is 12.3 Å². The highest BCUT2D eigenvalue weighted by Gasteiger charge is 2.34. The lowest BCUT2D eigenvalue weighted by Crippen LogP contribution is -2.41. The summed E-state index contributed by atoms with van der Waals surface area (Å²) in [6.07, 6.45) is 5.06. The number of carboxylic acid groups (broad SMARTS) is 1. The summed E-state index contributed by atoms with van der Waals surface area (Å²) in [5.41, 5.74) is 0. The number of amides is 1. The average Bonchev–Trinajstić information content (AvgIpc) is 2.74. The molecule has 88 valence electrons. The van der Waals surface area contributed by atoms with Gasteiger partial charge in [0, 0.05) is 0 Å². The van der Waals surface area contributed by atoms with Gasteiger partial charge in [0.1, 0.15) is 6.10 Å². The first-order valence-electron chi connectivity index (χ1n) is 5.23. The summed E-state index contributed by atoms with van der Waals surface area (Å²) in [4.78, 5) is 22.2. The predicted octanol–water partition coefficient (Wildman–Crippen LogP) is 0.147. The van der Waals surface area contributed by atoms with E-state index in [1.54, 1.807) is 0 Å². The smallest absolute Gasteiger partial charge is 0.332 e. The minimum atomic E-state index is -1.03. The summed E-state index contributed by atoms with van der Waals surface area (Å²) in [5, 5.41) is 11.3. The van der Waals surface area contributed by atoms with Gasteiger partial charge >= 0.3 is 5.97 Å². The van der Waals surface area contributed by atoms with Gasteiger partial charge in [-0.15, -0.1) is 6.42 Å². The molecule has 0 spiro atoms. The molecule has 0 radical (unpaired) electrons. The topological polar surface area (TPSA) is 75.6 Å². The molecular formula is C11H15NO4. The van der Waals surface area contributed by atoms with Gasteiger partial charge in [-0.05, 0) is 19.3 Å². The Morgan fingerprint density at radius 3 is 2.62 bits per heavy atom. The number of terminal acetylenes is 1. The fourth-order valence-electron chi connectivity index (χ4n) is 1.54. The standard InChI is InChI=1S/C11H15NO4/c1-3-7(4-2)12-10(13)8-5-6-9(16-8)11(14)15/h1,7-9H,4-6H2,2H3,(H,12,13)(H,14,15)/t7?,8-,9+/m0/s1. The number of rotatable bonds is 4. The molecule has 0 aromatic rings. The monoisotopic (exact) mass is 225 g/mol. The van der Waals surface area contributed by atoms with E-state index >= 15 is 0 Å². The zero-order chi connectivity index (χ0) is 12.1. The van der Waals surface area contributed by atoms with Crippen LogP contribution in [0.25, 0.3) is 0 Å². The molecule has 1 saturated heterocycles. The minimum Gasteiger partial charge on any atom is -0.479 e. The summed E-state index contributed by atoms with van der Waals surface area (Å²) >= 11 is 0. The zero-order valence-electron chi connectivity index (χ0n) is 9.10. The van der Waals surface area contributed by atoms with E-state index < -0.39 is 18.2 Å². The fraction of sp³-hybridized carbons (Fsp3) is 0.636. The van der Waals surface area contributed by atoms with Crippen molar-refractivity contribution in [3.63, 3.8) is 0 Å². The van der Waals surface area contributed by atoms with Crippen LogP contribution in [0, 0.1) is 12.3 Å². The van der Waals surface area contributed by atoms with E-state index in [0.717, 1.165) is 0 Å². The van der Waals surface area contributed by atoms with Crippen LogP contribution >= 0.6 is 0 Å². The van der Waals surface area contributed by atoms with Gasteiger partial charge in [-0.3, -0.25) is 4.79 Å². The normalized spacial score (nSPS) is 25.8. The molecule has 0 aromatic carbocycles. The van der Waals surface area contributed by atoms with Crippen LogP contribution in [-0.2, 0) is 14.3 Å². The molecule has 5 heteroatoms. The maximum absolute atomic E-state index is 11.6. The maximum Gasteiger partial charge on any atom is 0.332 e. The quantitative estimate of drug-likeness (QED) is 0.668. The van der Waals surface area contributed by atoms with Crippen molar-refractivity contribution in [1.82, 2.24) is 5.32 Å². The van der Waals surface area contributed by atoms with Gasteiger partial charge in [-0.1, -0.05) is 12.8 Å². The van der Waals surface area contributed by atoms with Crippen LogP contribution < -0.4 is 5.32 Å². The Labute approximate surface area is 94.2 Å². The first-order valence-corrected chi connectivity index (χ1v) is 5.23. The van der Waals surface area contributed by atoms with Crippen molar-refractivity contribution in [3.05, 3.63) is 0 Å². The van der Waals surface area contributed by atoms with E-state index in [4.69, 9.17) is 16.3 Å². The first-order chi connectivity index (χ1) is 7.58. The van der Waals surface area contributed by atoms with Gasteiger partial charge in [-0.2, -0.15) is 0 Å². The summed E-state index contributed by atoms with van der Waals surface area (Å²) in [5.74, 6) is 1.08. The highest BCUT2D eigenvalue weighted by atomic mass is 16.5. The molecule has 0 aromatic heterocycles. The molecule has 1 aliphatic heterocycles. The largest absolute Gasteiger partial charge is 0.479 e.